The quantitative estimate of drug-likeness (QED) is 0.292. The molecule has 0 radical (unpaired) electrons. The first-order valence-corrected chi connectivity index (χ1v) is 8.70. The average Bonchev–Trinajstić information content (AvgIpc) is 2.66. The molecule has 1 heterocycles. The van der Waals surface area contributed by atoms with E-state index in [2.05, 4.69) is 0 Å². The number of esters is 1. The lowest BCUT2D eigenvalue weighted by atomic mass is 10.2. The highest BCUT2D eigenvalue weighted by atomic mass is 16.5. The maximum Gasteiger partial charge on any atom is 0.349 e. The summed E-state index contributed by atoms with van der Waals surface area (Å²) in [5, 5.41) is 0.500. The molecule has 0 aliphatic carbocycles. The van der Waals surface area contributed by atoms with Gasteiger partial charge in [-0.05, 0) is 43.7 Å². The Morgan fingerprint density at radius 2 is 1.75 bits per heavy atom. The zero-order valence-corrected chi connectivity index (χ0v) is 15.3. The Morgan fingerprint density at radius 1 is 1.04 bits per heavy atom. The summed E-state index contributed by atoms with van der Waals surface area (Å²) >= 11 is 0. The van der Waals surface area contributed by atoms with Gasteiger partial charge in [0.1, 0.15) is 22.6 Å². The van der Waals surface area contributed by atoms with Gasteiger partial charge in [0.05, 0.1) is 6.61 Å². The lowest BCUT2D eigenvalue weighted by molar-refractivity contribution is -0.134. The highest BCUT2D eigenvalue weighted by molar-refractivity contribution is 5.95. The fraction of sp³-hybridized carbons (Fsp3) is 0.190. The van der Waals surface area contributed by atoms with E-state index in [1.807, 2.05) is 31.2 Å². The van der Waals surface area contributed by atoms with Crippen LogP contribution in [-0.2, 0) is 4.79 Å². The zero-order chi connectivity index (χ0) is 20.1. The minimum absolute atomic E-state index is 0.175. The first kappa shape index (κ1) is 19.2. The number of hydrogen-bond donors (Lipinski definition) is 1. The summed E-state index contributed by atoms with van der Waals surface area (Å²) in [5.41, 5.74) is 5.40. The van der Waals surface area contributed by atoms with Crippen LogP contribution in [0.5, 0.6) is 11.5 Å². The van der Waals surface area contributed by atoms with Gasteiger partial charge in [-0.15, -0.1) is 0 Å². The number of carbonyl (C=O) groups is 2. The van der Waals surface area contributed by atoms with Crippen LogP contribution in [0, 0.1) is 6.92 Å². The number of benzene rings is 2. The number of hydrogen-bond acceptors (Lipinski definition) is 6. The Balaban J connectivity index is 1.55. The van der Waals surface area contributed by atoms with Crippen LogP contribution in [0.3, 0.4) is 0 Å². The number of aryl methyl sites for hydroxylation is 1. The second kappa shape index (κ2) is 8.39. The lowest BCUT2D eigenvalue weighted by Crippen LogP contribution is -2.20. The Labute approximate surface area is 160 Å². The fourth-order valence-electron chi connectivity index (χ4n) is 2.55. The van der Waals surface area contributed by atoms with Crippen molar-refractivity contribution in [1.82, 2.24) is 0 Å². The first-order chi connectivity index (χ1) is 13.4. The monoisotopic (exact) mass is 381 g/mol. The molecule has 144 valence electrons. The van der Waals surface area contributed by atoms with Gasteiger partial charge < -0.3 is 19.6 Å². The molecule has 0 bridgehead atoms. The van der Waals surface area contributed by atoms with Crippen molar-refractivity contribution in [2.75, 3.05) is 6.61 Å². The molecule has 7 heteroatoms. The topological polar surface area (TPSA) is 109 Å². The van der Waals surface area contributed by atoms with E-state index in [-0.39, 0.29) is 23.3 Å². The maximum absolute atomic E-state index is 12.0. The molecule has 2 N–H and O–H groups in total. The van der Waals surface area contributed by atoms with E-state index in [1.165, 1.54) is 12.1 Å². The second-order valence-corrected chi connectivity index (χ2v) is 6.25. The minimum atomic E-state index is -0.862. The molecule has 3 rings (SSSR count). The van der Waals surface area contributed by atoms with Crippen LogP contribution in [0.1, 0.15) is 28.8 Å². The summed E-state index contributed by atoms with van der Waals surface area (Å²) in [6, 6.07) is 13.5. The van der Waals surface area contributed by atoms with Gasteiger partial charge >= 0.3 is 11.6 Å². The van der Waals surface area contributed by atoms with Crippen LogP contribution in [0.2, 0.25) is 0 Å². The molecule has 0 fully saturated rings. The van der Waals surface area contributed by atoms with Gasteiger partial charge in [0, 0.05) is 17.9 Å². The Morgan fingerprint density at radius 3 is 2.46 bits per heavy atom. The number of rotatable bonds is 7. The van der Waals surface area contributed by atoms with Gasteiger partial charge in [-0.1, -0.05) is 17.7 Å². The van der Waals surface area contributed by atoms with E-state index in [0.29, 0.717) is 18.4 Å². The summed E-state index contributed by atoms with van der Waals surface area (Å²) in [4.78, 5) is 34.9. The summed E-state index contributed by atoms with van der Waals surface area (Å²) < 4.78 is 15.9. The van der Waals surface area contributed by atoms with Gasteiger partial charge in [0.15, 0.2) is 0 Å². The smallest absolute Gasteiger partial charge is 0.349 e. The number of fused-ring (bicyclic) bond motifs is 1. The van der Waals surface area contributed by atoms with Gasteiger partial charge in [-0.2, -0.15) is 0 Å². The number of amides is 1. The highest BCUT2D eigenvalue weighted by Gasteiger charge is 2.12. The lowest BCUT2D eigenvalue weighted by Gasteiger charge is -2.07. The van der Waals surface area contributed by atoms with Crippen LogP contribution in [0.25, 0.3) is 11.0 Å². The van der Waals surface area contributed by atoms with Crippen molar-refractivity contribution in [2.45, 2.75) is 19.8 Å². The van der Waals surface area contributed by atoms with Crippen molar-refractivity contribution in [3.8, 4) is 11.5 Å². The predicted octanol–water partition coefficient (Wildman–Crippen LogP) is 2.96. The number of primary amides is 1. The molecule has 0 saturated carbocycles. The molecule has 0 aliphatic heterocycles. The van der Waals surface area contributed by atoms with Crippen LogP contribution in [0.4, 0.5) is 0 Å². The molecule has 0 spiro atoms. The molecule has 7 nitrogen and oxygen atoms in total. The molecule has 0 unspecified atom stereocenters. The largest absolute Gasteiger partial charge is 0.494 e. The van der Waals surface area contributed by atoms with Gasteiger partial charge in [-0.3, -0.25) is 9.59 Å². The van der Waals surface area contributed by atoms with Crippen molar-refractivity contribution >= 4 is 22.8 Å². The number of carbonyl (C=O) groups excluding carboxylic acids is 2. The third-order valence-corrected chi connectivity index (χ3v) is 4.02. The number of ether oxygens (including phenoxy) is 2. The van der Waals surface area contributed by atoms with Crippen molar-refractivity contribution in [3.63, 3.8) is 0 Å². The molecule has 2 aromatic carbocycles. The minimum Gasteiger partial charge on any atom is -0.494 e. The Kier molecular flexibility index (Phi) is 5.74. The average molecular weight is 381 g/mol. The summed E-state index contributed by atoms with van der Waals surface area (Å²) in [5.74, 6) is -0.298. The van der Waals surface area contributed by atoms with Gasteiger partial charge in [-0.25, -0.2) is 4.79 Å². The molecular weight excluding hydrogens is 362 g/mol. The third kappa shape index (κ3) is 4.76. The highest BCUT2D eigenvalue weighted by Crippen LogP contribution is 2.21. The zero-order valence-electron chi connectivity index (χ0n) is 15.3. The molecule has 1 aromatic heterocycles. The number of nitrogens with two attached hydrogens (primary N) is 1. The van der Waals surface area contributed by atoms with Crippen LogP contribution >= 0.6 is 0 Å². The summed E-state index contributed by atoms with van der Waals surface area (Å²) in [6.07, 6.45) is 0.672. The van der Waals surface area contributed by atoms with Crippen molar-refractivity contribution in [2.24, 2.45) is 5.73 Å². The van der Waals surface area contributed by atoms with Crippen molar-refractivity contribution in [3.05, 3.63) is 70.1 Å². The van der Waals surface area contributed by atoms with Crippen LogP contribution in [0.15, 0.2) is 57.7 Å². The Bertz CT molecular complexity index is 1070. The van der Waals surface area contributed by atoms with Crippen molar-refractivity contribution < 1.29 is 23.5 Å². The van der Waals surface area contributed by atoms with E-state index in [4.69, 9.17) is 19.6 Å². The van der Waals surface area contributed by atoms with E-state index < -0.39 is 17.5 Å². The molecule has 0 aliphatic rings. The SMILES string of the molecule is Cc1ccc(OCCCC(=O)Oc2ccc3cc(C(N)=O)c(=O)oc3c2)cc1. The summed E-state index contributed by atoms with van der Waals surface area (Å²) in [6.45, 7) is 2.38. The first-order valence-electron chi connectivity index (χ1n) is 8.70. The Hall–Kier alpha value is -3.61. The van der Waals surface area contributed by atoms with Gasteiger partial charge in [0.2, 0.25) is 0 Å². The standard InChI is InChI=1S/C21H19NO6/c1-13-4-7-15(8-5-13)26-10-2-3-19(23)27-16-9-6-14-11-17(20(22)24)21(25)28-18(14)12-16/h4-9,11-12H,2-3,10H2,1H3,(H2,22,24). The second-order valence-electron chi connectivity index (χ2n) is 6.25. The van der Waals surface area contributed by atoms with Crippen LogP contribution in [-0.4, -0.2) is 18.5 Å². The normalized spacial score (nSPS) is 10.6. The van der Waals surface area contributed by atoms with Gasteiger partial charge in [0.25, 0.3) is 5.91 Å². The molecule has 0 saturated heterocycles. The van der Waals surface area contributed by atoms with E-state index in [1.54, 1.807) is 12.1 Å². The van der Waals surface area contributed by atoms with E-state index in [9.17, 15) is 14.4 Å². The predicted molar refractivity (Wildman–Crippen MR) is 103 cm³/mol. The van der Waals surface area contributed by atoms with E-state index >= 15 is 0 Å². The maximum atomic E-state index is 12.0. The summed E-state index contributed by atoms with van der Waals surface area (Å²) in [7, 11) is 0. The molecule has 1 amide bonds. The van der Waals surface area contributed by atoms with E-state index in [0.717, 1.165) is 11.3 Å². The fourth-order valence-corrected chi connectivity index (χ4v) is 2.55. The third-order valence-electron chi connectivity index (χ3n) is 4.02. The molecule has 28 heavy (non-hydrogen) atoms. The van der Waals surface area contributed by atoms with Crippen molar-refractivity contribution in [1.29, 1.82) is 0 Å². The molecule has 0 atom stereocenters. The van der Waals surface area contributed by atoms with Crippen LogP contribution < -0.4 is 20.8 Å². The molecule has 3 aromatic rings. The molecular formula is C21H19NO6.